The number of carbonyl (C=O) groups excluding carboxylic acids is 2. The van der Waals surface area contributed by atoms with E-state index in [1.807, 2.05) is 32.9 Å². The average molecular weight is 312 g/mol. The van der Waals surface area contributed by atoms with E-state index in [1.54, 1.807) is 11.0 Å². The Kier molecular flexibility index (Phi) is 6.49. The van der Waals surface area contributed by atoms with Gasteiger partial charge in [0, 0.05) is 36.8 Å². The maximum absolute atomic E-state index is 11.7. The minimum atomic E-state index is -0.240. The first kappa shape index (κ1) is 17.3. The Morgan fingerprint density at radius 1 is 1.33 bits per heavy atom. The lowest BCUT2D eigenvalue weighted by Crippen LogP contribution is -2.43. The third-order valence-corrected chi connectivity index (χ3v) is 3.30. The lowest BCUT2D eigenvalue weighted by molar-refractivity contribution is -0.116. The molecule has 0 aliphatic carbocycles. The van der Waals surface area contributed by atoms with E-state index in [-0.39, 0.29) is 18.0 Å². The number of aryl methyl sites for hydroxylation is 1. The number of nitrogens with one attached hydrogen (secondary N) is 2. The lowest BCUT2D eigenvalue weighted by Gasteiger charge is -2.22. The number of nitrogens with zero attached hydrogens (tertiary/aromatic N) is 1. The van der Waals surface area contributed by atoms with Crippen molar-refractivity contribution in [2.45, 2.75) is 33.7 Å². The number of hydrogen-bond donors (Lipinski definition) is 2. The quantitative estimate of drug-likeness (QED) is 0.878. The van der Waals surface area contributed by atoms with Gasteiger partial charge in [-0.1, -0.05) is 17.7 Å². The van der Waals surface area contributed by atoms with Gasteiger partial charge in [-0.05, 0) is 38.5 Å². The largest absolute Gasteiger partial charge is 0.336 e. The van der Waals surface area contributed by atoms with Crippen LogP contribution in [0, 0.1) is 6.92 Å². The molecular formula is C15H22ClN3O2. The second-order valence-corrected chi connectivity index (χ2v) is 5.57. The van der Waals surface area contributed by atoms with Crippen molar-refractivity contribution in [3.63, 3.8) is 0 Å². The van der Waals surface area contributed by atoms with Crippen molar-refractivity contribution in [1.82, 2.24) is 10.6 Å². The molecule has 3 amide bonds. The Morgan fingerprint density at radius 3 is 2.52 bits per heavy atom. The highest BCUT2D eigenvalue weighted by Gasteiger charge is 2.13. The molecule has 0 fully saturated rings. The number of hydrogen-bond acceptors (Lipinski definition) is 2. The van der Waals surface area contributed by atoms with E-state index >= 15 is 0 Å². The Morgan fingerprint density at radius 2 is 2.00 bits per heavy atom. The van der Waals surface area contributed by atoms with Crippen LogP contribution < -0.4 is 15.5 Å². The van der Waals surface area contributed by atoms with Gasteiger partial charge in [0.15, 0.2) is 0 Å². The van der Waals surface area contributed by atoms with E-state index in [0.717, 1.165) is 11.3 Å². The van der Waals surface area contributed by atoms with Crippen LogP contribution in [0.4, 0.5) is 10.5 Å². The molecular weight excluding hydrogens is 290 g/mol. The number of anilines is 1. The molecule has 0 heterocycles. The van der Waals surface area contributed by atoms with Gasteiger partial charge in [-0.3, -0.25) is 4.79 Å². The van der Waals surface area contributed by atoms with Crippen molar-refractivity contribution in [3.05, 3.63) is 28.8 Å². The summed E-state index contributed by atoms with van der Waals surface area (Å²) in [7, 11) is 0. The predicted molar refractivity (Wildman–Crippen MR) is 85.9 cm³/mol. The molecule has 1 aromatic rings. The van der Waals surface area contributed by atoms with Crippen LogP contribution in [0.15, 0.2) is 18.2 Å². The first-order valence-corrected chi connectivity index (χ1v) is 7.27. The van der Waals surface area contributed by atoms with Crippen LogP contribution in [0.2, 0.25) is 5.02 Å². The van der Waals surface area contributed by atoms with Crippen LogP contribution in [0.1, 0.15) is 26.3 Å². The fourth-order valence-corrected chi connectivity index (χ4v) is 1.99. The van der Waals surface area contributed by atoms with Crippen molar-refractivity contribution in [3.8, 4) is 0 Å². The molecule has 0 spiro atoms. The number of halogens is 1. The van der Waals surface area contributed by atoms with Crippen LogP contribution in [-0.2, 0) is 4.79 Å². The zero-order valence-electron chi connectivity index (χ0n) is 12.9. The van der Waals surface area contributed by atoms with E-state index in [1.165, 1.54) is 6.92 Å². The SMILES string of the molecule is CC(=O)N(CCNC(=O)NC(C)C)c1ccc(C)c(Cl)c1. The van der Waals surface area contributed by atoms with Crippen LogP contribution >= 0.6 is 11.6 Å². The third-order valence-electron chi connectivity index (χ3n) is 2.89. The van der Waals surface area contributed by atoms with Crippen molar-refractivity contribution >= 4 is 29.2 Å². The van der Waals surface area contributed by atoms with Crippen molar-refractivity contribution < 1.29 is 9.59 Å². The Hall–Kier alpha value is -1.75. The molecule has 0 saturated carbocycles. The summed E-state index contributed by atoms with van der Waals surface area (Å²) in [5, 5.41) is 6.06. The molecule has 0 aliphatic heterocycles. The molecule has 0 saturated heterocycles. The molecule has 0 unspecified atom stereocenters. The van der Waals surface area contributed by atoms with Gasteiger partial charge < -0.3 is 15.5 Å². The Bertz CT molecular complexity index is 518. The molecule has 0 radical (unpaired) electrons. The van der Waals surface area contributed by atoms with E-state index in [9.17, 15) is 9.59 Å². The second-order valence-electron chi connectivity index (χ2n) is 5.16. The molecule has 5 nitrogen and oxygen atoms in total. The lowest BCUT2D eigenvalue weighted by atomic mass is 10.2. The Labute approximate surface area is 130 Å². The molecule has 0 bridgehead atoms. The summed E-state index contributed by atoms with van der Waals surface area (Å²) < 4.78 is 0. The fraction of sp³-hybridized carbons (Fsp3) is 0.467. The number of rotatable bonds is 5. The first-order valence-electron chi connectivity index (χ1n) is 6.90. The number of carbonyl (C=O) groups is 2. The molecule has 0 aliphatic rings. The van der Waals surface area contributed by atoms with Crippen LogP contribution in [-0.4, -0.2) is 31.1 Å². The smallest absolute Gasteiger partial charge is 0.315 e. The van der Waals surface area contributed by atoms with E-state index < -0.39 is 0 Å². The number of benzene rings is 1. The van der Waals surface area contributed by atoms with Gasteiger partial charge in [0.1, 0.15) is 0 Å². The van der Waals surface area contributed by atoms with E-state index in [2.05, 4.69) is 10.6 Å². The highest BCUT2D eigenvalue weighted by molar-refractivity contribution is 6.31. The standard InChI is InChI=1S/C15H22ClN3O2/c1-10(2)18-15(21)17-7-8-19(12(4)20)13-6-5-11(3)14(16)9-13/h5-6,9-10H,7-8H2,1-4H3,(H2,17,18,21). The molecule has 116 valence electrons. The normalized spacial score (nSPS) is 10.4. The molecule has 1 rings (SSSR count). The van der Waals surface area contributed by atoms with Gasteiger partial charge in [-0.15, -0.1) is 0 Å². The number of urea groups is 1. The zero-order chi connectivity index (χ0) is 16.0. The van der Waals surface area contributed by atoms with Gasteiger partial charge in [-0.25, -0.2) is 4.79 Å². The fourth-order valence-electron chi connectivity index (χ4n) is 1.81. The summed E-state index contributed by atoms with van der Waals surface area (Å²) >= 11 is 6.09. The monoisotopic (exact) mass is 311 g/mol. The van der Waals surface area contributed by atoms with Crippen molar-refractivity contribution in [2.24, 2.45) is 0 Å². The summed E-state index contributed by atoms with van der Waals surface area (Å²) in [6, 6.07) is 5.30. The van der Waals surface area contributed by atoms with Crippen LogP contribution in [0.5, 0.6) is 0 Å². The minimum absolute atomic E-state index is 0.0739. The highest BCUT2D eigenvalue weighted by Crippen LogP contribution is 2.23. The van der Waals surface area contributed by atoms with Crippen LogP contribution in [0.3, 0.4) is 0 Å². The van der Waals surface area contributed by atoms with Gasteiger partial charge in [0.25, 0.3) is 0 Å². The molecule has 1 aromatic carbocycles. The molecule has 21 heavy (non-hydrogen) atoms. The van der Waals surface area contributed by atoms with Gasteiger partial charge in [0.2, 0.25) is 5.91 Å². The Balaban J connectivity index is 2.64. The minimum Gasteiger partial charge on any atom is -0.336 e. The topological polar surface area (TPSA) is 61.4 Å². The van der Waals surface area contributed by atoms with Gasteiger partial charge in [-0.2, -0.15) is 0 Å². The maximum atomic E-state index is 11.7. The summed E-state index contributed by atoms with van der Waals surface area (Å²) in [5.41, 5.74) is 1.68. The molecule has 0 aromatic heterocycles. The van der Waals surface area contributed by atoms with Crippen molar-refractivity contribution in [2.75, 3.05) is 18.0 Å². The van der Waals surface area contributed by atoms with E-state index in [4.69, 9.17) is 11.6 Å². The molecule has 2 N–H and O–H groups in total. The van der Waals surface area contributed by atoms with E-state index in [0.29, 0.717) is 18.1 Å². The van der Waals surface area contributed by atoms with Gasteiger partial charge >= 0.3 is 6.03 Å². The second kappa shape index (κ2) is 7.88. The zero-order valence-corrected chi connectivity index (χ0v) is 13.6. The maximum Gasteiger partial charge on any atom is 0.315 e. The molecule has 0 atom stereocenters. The highest BCUT2D eigenvalue weighted by atomic mass is 35.5. The molecule has 6 heteroatoms. The van der Waals surface area contributed by atoms with Crippen molar-refractivity contribution in [1.29, 1.82) is 0 Å². The summed E-state index contributed by atoms with van der Waals surface area (Å²) in [6.45, 7) is 7.92. The predicted octanol–water partition coefficient (Wildman–Crippen LogP) is 2.71. The van der Waals surface area contributed by atoms with Crippen LogP contribution in [0.25, 0.3) is 0 Å². The summed E-state index contributed by atoms with van der Waals surface area (Å²) in [5.74, 6) is -0.0963. The first-order chi connectivity index (χ1) is 9.81. The third kappa shape index (κ3) is 5.63. The number of amides is 3. The average Bonchev–Trinajstić information content (AvgIpc) is 2.37. The summed E-state index contributed by atoms with van der Waals surface area (Å²) in [6.07, 6.45) is 0. The van der Waals surface area contributed by atoms with Gasteiger partial charge in [0.05, 0.1) is 0 Å². The summed E-state index contributed by atoms with van der Waals surface area (Å²) in [4.78, 5) is 24.8.